The quantitative estimate of drug-likeness (QED) is 0.154. The molecule has 0 bridgehead atoms. The van der Waals surface area contributed by atoms with Crippen LogP contribution < -0.4 is 4.74 Å². The second kappa shape index (κ2) is 29.9. The van der Waals surface area contributed by atoms with Gasteiger partial charge in [0.05, 0.1) is 18.3 Å². The van der Waals surface area contributed by atoms with Crippen LogP contribution in [0.3, 0.4) is 0 Å². The Balaban J connectivity index is 0.000000161. The maximum Gasteiger partial charge on any atom is 0.119 e. The van der Waals surface area contributed by atoms with Gasteiger partial charge in [-0.1, -0.05) is 126 Å². The van der Waals surface area contributed by atoms with Crippen molar-refractivity contribution in [1.29, 1.82) is 0 Å². The second-order valence-corrected chi connectivity index (χ2v) is 24.7. The fraction of sp³-hybridized carbons (Fsp3) is 0.742. The fourth-order valence-corrected chi connectivity index (χ4v) is 14.2. The highest BCUT2D eigenvalue weighted by Crippen LogP contribution is 2.44. The summed E-state index contributed by atoms with van der Waals surface area (Å²) in [5.41, 5.74) is 0.639. The Morgan fingerprint density at radius 2 is 0.986 bits per heavy atom. The molecule has 3 saturated heterocycles. The van der Waals surface area contributed by atoms with E-state index in [1.807, 2.05) is 18.2 Å². The number of aryl methyl sites for hydroxylation is 1. The van der Waals surface area contributed by atoms with E-state index in [4.69, 9.17) is 4.74 Å². The molecule has 73 heavy (non-hydrogen) atoms. The number of piperazine rings is 3. The molecular formula is C62H102N6O4S. The molecule has 6 atom stereocenters. The van der Waals surface area contributed by atoms with Gasteiger partial charge in [0.25, 0.3) is 0 Å². The first-order valence-corrected chi connectivity index (χ1v) is 30.5. The van der Waals surface area contributed by atoms with Crippen LogP contribution in [0, 0.1) is 17.8 Å². The molecule has 410 valence electrons. The Kier molecular flexibility index (Phi) is 23.9. The summed E-state index contributed by atoms with van der Waals surface area (Å²) in [6.07, 6.45) is 24.4. The van der Waals surface area contributed by atoms with E-state index in [2.05, 4.69) is 104 Å². The average Bonchev–Trinajstić information content (AvgIpc) is 3.95. The minimum Gasteiger partial charge on any atom is -0.497 e. The van der Waals surface area contributed by atoms with Gasteiger partial charge in [0.2, 0.25) is 0 Å². The number of hydrogen-bond donors (Lipinski definition) is 3. The lowest BCUT2D eigenvalue weighted by Crippen LogP contribution is -2.50. The Morgan fingerprint density at radius 1 is 0.507 bits per heavy atom. The third-order valence-electron chi connectivity index (χ3n) is 18.4. The molecule has 1 aromatic heterocycles. The van der Waals surface area contributed by atoms with E-state index >= 15 is 0 Å². The first-order valence-electron chi connectivity index (χ1n) is 29.6. The molecule has 3 aliphatic heterocycles. The maximum absolute atomic E-state index is 11.8. The summed E-state index contributed by atoms with van der Waals surface area (Å²) in [5, 5.41) is 37.1. The smallest absolute Gasteiger partial charge is 0.119 e. The van der Waals surface area contributed by atoms with Crippen molar-refractivity contribution < 1.29 is 20.1 Å². The summed E-state index contributed by atoms with van der Waals surface area (Å²) in [6.45, 7) is 16.9. The first kappa shape index (κ1) is 58.3. The second-order valence-electron chi connectivity index (χ2n) is 23.8. The lowest BCUT2D eigenvalue weighted by Gasteiger charge is -2.42. The van der Waals surface area contributed by atoms with Crippen LogP contribution in [-0.4, -0.2) is 177 Å². The normalized spacial score (nSPS) is 30.4. The Labute approximate surface area is 448 Å². The molecule has 2 aromatic carbocycles. The molecule has 0 amide bonds. The predicted octanol–water partition coefficient (Wildman–Crippen LogP) is 10.2. The van der Waals surface area contributed by atoms with Crippen molar-refractivity contribution in [1.82, 2.24) is 29.4 Å². The van der Waals surface area contributed by atoms with E-state index in [9.17, 15) is 15.3 Å². The predicted molar refractivity (Wildman–Crippen MR) is 305 cm³/mol. The number of nitrogens with zero attached hydrogens (tertiary/aromatic N) is 6. The van der Waals surface area contributed by atoms with Crippen LogP contribution in [0.25, 0.3) is 0 Å². The van der Waals surface area contributed by atoms with Crippen LogP contribution >= 0.6 is 11.3 Å². The van der Waals surface area contributed by atoms with Crippen LogP contribution in [0.1, 0.15) is 144 Å². The third kappa shape index (κ3) is 17.8. The molecule has 11 heteroatoms. The molecular weight excluding hydrogens is 925 g/mol. The van der Waals surface area contributed by atoms with Crippen molar-refractivity contribution in [3.8, 4) is 5.75 Å². The summed E-state index contributed by atoms with van der Waals surface area (Å²) >= 11 is 1.73. The van der Waals surface area contributed by atoms with Crippen molar-refractivity contribution in [2.24, 2.45) is 17.8 Å². The number of aliphatic hydroxyl groups is 3. The van der Waals surface area contributed by atoms with Gasteiger partial charge in [-0.15, -0.1) is 11.3 Å². The number of benzene rings is 2. The molecule has 3 saturated carbocycles. The van der Waals surface area contributed by atoms with Crippen molar-refractivity contribution >= 4 is 11.3 Å². The molecule has 9 rings (SSSR count). The van der Waals surface area contributed by atoms with E-state index < -0.39 is 16.8 Å². The van der Waals surface area contributed by atoms with E-state index in [0.717, 1.165) is 154 Å². The molecule has 6 fully saturated rings. The Bertz CT molecular complexity index is 1940. The van der Waals surface area contributed by atoms with Crippen molar-refractivity contribution in [2.75, 3.05) is 126 Å². The summed E-state index contributed by atoms with van der Waals surface area (Å²) in [4.78, 5) is 16.1. The summed E-state index contributed by atoms with van der Waals surface area (Å²) < 4.78 is 5.42. The topological polar surface area (TPSA) is 89.4 Å². The maximum atomic E-state index is 11.8. The van der Waals surface area contributed by atoms with Gasteiger partial charge >= 0.3 is 0 Å². The van der Waals surface area contributed by atoms with Gasteiger partial charge in [0, 0.05) is 121 Å². The lowest BCUT2D eigenvalue weighted by atomic mass is 9.73. The van der Waals surface area contributed by atoms with Crippen LogP contribution in [0.4, 0.5) is 0 Å². The van der Waals surface area contributed by atoms with Crippen molar-refractivity contribution in [3.05, 3.63) is 88.1 Å². The minimum absolute atomic E-state index is 0.295. The number of ether oxygens (including phenoxy) is 1. The zero-order chi connectivity index (χ0) is 51.4. The monoisotopic (exact) mass is 1030 g/mol. The van der Waals surface area contributed by atoms with Crippen LogP contribution in [0.2, 0.25) is 0 Å². The highest BCUT2D eigenvalue weighted by Gasteiger charge is 2.42. The van der Waals surface area contributed by atoms with Gasteiger partial charge < -0.3 is 49.5 Å². The minimum atomic E-state index is -0.738. The molecule has 4 heterocycles. The molecule has 0 radical (unpaired) electrons. The van der Waals surface area contributed by atoms with Gasteiger partial charge in [-0.25, -0.2) is 0 Å². The Morgan fingerprint density at radius 3 is 1.51 bits per heavy atom. The number of methoxy groups -OCH3 is 1. The number of thiophene rings is 1. The number of likely N-dealkylation sites (N-methyl/N-ethyl adjacent to an activating group) is 3. The lowest BCUT2D eigenvalue weighted by molar-refractivity contribution is -0.0589. The third-order valence-corrected chi connectivity index (χ3v) is 19.4. The molecule has 0 spiro atoms. The zero-order valence-electron chi connectivity index (χ0n) is 46.5. The standard InChI is InChI=1S/C23H38N2O.C21H34N2O2.C18H30N2OS/c1-24-16-18-25(19-17-24)20-22-13-7-2-3-8-14-23(22,26)15-9-12-21-10-5-4-6-11-21;1-22-12-14-23(15-13-22)17-19-8-5-3-4-6-11-21(19,24)18-9-7-10-20(16-18)25-2;1-19-10-12-20(13-11-19)15-16-7-4-2-3-5-9-18(16,21)17-8-6-14-22-17/h4-6,10-11,22,26H,2-3,7-9,12-20H2,1H3;7,9-10,16,19,24H,3-6,8,11-15,17H2,1-2H3;6,8,14,16,21H,2-5,7,9-13,15H2,1H3. The fourth-order valence-electron chi connectivity index (χ4n) is 13.3. The molecule has 6 aliphatic rings. The summed E-state index contributed by atoms with van der Waals surface area (Å²) in [6, 6.07) is 23.1. The number of rotatable bonds is 13. The molecule has 3 N–H and O–H groups in total. The van der Waals surface area contributed by atoms with Gasteiger partial charge in [0.15, 0.2) is 0 Å². The average molecular weight is 1030 g/mol. The van der Waals surface area contributed by atoms with Crippen molar-refractivity contribution in [2.45, 2.75) is 152 Å². The van der Waals surface area contributed by atoms with E-state index in [1.165, 1.54) is 101 Å². The number of hydrogen-bond acceptors (Lipinski definition) is 11. The summed E-state index contributed by atoms with van der Waals surface area (Å²) in [5.74, 6) is 1.96. The van der Waals surface area contributed by atoms with E-state index in [0.29, 0.717) is 17.8 Å². The largest absolute Gasteiger partial charge is 0.497 e. The molecule has 3 aromatic rings. The molecule has 3 aliphatic carbocycles. The van der Waals surface area contributed by atoms with Crippen LogP contribution in [-0.2, 0) is 17.6 Å². The Hall–Kier alpha value is -2.42. The summed E-state index contributed by atoms with van der Waals surface area (Å²) in [7, 11) is 8.31. The van der Waals surface area contributed by atoms with E-state index in [-0.39, 0.29) is 0 Å². The van der Waals surface area contributed by atoms with E-state index in [1.54, 1.807) is 18.4 Å². The molecule has 10 nitrogen and oxygen atoms in total. The van der Waals surface area contributed by atoms with Crippen LogP contribution in [0.15, 0.2) is 72.1 Å². The van der Waals surface area contributed by atoms with Crippen molar-refractivity contribution in [3.63, 3.8) is 0 Å². The SMILES string of the molecule is CN1CCN(CC2CCCCCCC2(O)CCCc2ccccc2)CC1.CN1CCN(CC2CCCCCCC2(O)c2cccs2)CC1.COc1cccc(C2(O)CCCCCCC2CN2CCN(C)CC2)c1. The highest BCUT2D eigenvalue weighted by molar-refractivity contribution is 7.10. The zero-order valence-corrected chi connectivity index (χ0v) is 47.3. The van der Waals surface area contributed by atoms with Gasteiger partial charge in [-0.3, -0.25) is 0 Å². The van der Waals surface area contributed by atoms with Gasteiger partial charge in [-0.2, -0.15) is 0 Å². The van der Waals surface area contributed by atoms with Gasteiger partial charge in [0.1, 0.15) is 11.4 Å². The first-order chi connectivity index (χ1) is 35.5. The molecule has 6 unspecified atom stereocenters. The highest BCUT2D eigenvalue weighted by atomic mass is 32.1. The van der Waals surface area contributed by atoms with Crippen LogP contribution in [0.5, 0.6) is 5.75 Å². The van der Waals surface area contributed by atoms with Gasteiger partial charge in [-0.05, 0) is 114 Å².